The summed E-state index contributed by atoms with van der Waals surface area (Å²) in [5.41, 5.74) is 5.93. The predicted octanol–water partition coefficient (Wildman–Crippen LogP) is 21.2. The molecule has 0 aliphatic heterocycles. The zero-order valence-electron chi connectivity index (χ0n) is 44.9. The van der Waals surface area contributed by atoms with Crippen LogP contribution >= 0.6 is 36.7 Å². The number of alkyl halides is 6. The van der Waals surface area contributed by atoms with E-state index in [1.807, 2.05) is 36.4 Å². The Labute approximate surface area is 474 Å². The van der Waals surface area contributed by atoms with Crippen LogP contribution in [0.25, 0.3) is 0 Å². The third-order valence-electron chi connectivity index (χ3n) is 15.9. The minimum atomic E-state index is -2.47. The lowest BCUT2D eigenvalue weighted by Crippen LogP contribution is -2.13. The van der Waals surface area contributed by atoms with E-state index in [9.17, 15) is 26.3 Å². The first kappa shape index (κ1) is 60.2. The molecule has 6 aromatic rings. The maximum Gasteiger partial charge on any atom is 0.263 e. The van der Waals surface area contributed by atoms with E-state index in [-0.39, 0.29) is 16.7 Å². The second kappa shape index (κ2) is 30.2. The van der Waals surface area contributed by atoms with E-state index < -0.39 is 19.3 Å². The van der Waals surface area contributed by atoms with Gasteiger partial charge in [-0.2, -0.15) is 0 Å². The summed E-state index contributed by atoms with van der Waals surface area (Å²) in [6.07, 6.45) is 11.9. The highest BCUT2D eigenvalue weighted by molar-refractivity contribution is 7.81. The molecular weight excluding hydrogens is 1050 g/mol. The number of rotatable bonds is 15. The molecule has 3 fully saturated rings. The Morgan fingerprint density at radius 3 is 0.910 bits per heavy atom. The Morgan fingerprint density at radius 2 is 0.654 bits per heavy atom. The van der Waals surface area contributed by atoms with Gasteiger partial charge in [0.1, 0.15) is 17.2 Å². The molecule has 0 bridgehead atoms. The molecule has 414 valence electrons. The smallest absolute Gasteiger partial charge is 0.263 e. The minimum Gasteiger partial charge on any atom is -0.445 e. The van der Waals surface area contributed by atoms with Gasteiger partial charge in [-0.15, -0.1) is 0 Å². The van der Waals surface area contributed by atoms with E-state index in [0.717, 1.165) is 17.8 Å². The van der Waals surface area contributed by atoms with E-state index in [4.69, 9.17) is 50.9 Å². The average molecular weight is 1120 g/mol. The summed E-state index contributed by atoms with van der Waals surface area (Å²) in [7, 11) is 0. The molecule has 3 saturated carbocycles. The molecule has 0 N–H and O–H groups in total. The van der Waals surface area contributed by atoms with Gasteiger partial charge in [0.25, 0.3) is 19.3 Å². The summed E-state index contributed by atoms with van der Waals surface area (Å²) < 4.78 is 92.9. The fourth-order valence-electron chi connectivity index (χ4n) is 10.9. The molecule has 6 aromatic carbocycles. The van der Waals surface area contributed by atoms with E-state index in [0.29, 0.717) is 66.8 Å². The van der Waals surface area contributed by atoms with Gasteiger partial charge in [-0.25, -0.2) is 26.3 Å². The molecular formula is C66H72F6O3S3. The summed E-state index contributed by atoms with van der Waals surface area (Å²) in [6, 6.07) is 42.1. The summed E-state index contributed by atoms with van der Waals surface area (Å²) in [5.74, 6) is 6.59. The topological polar surface area (TPSA) is 27.7 Å². The second-order valence-electron chi connectivity index (χ2n) is 21.2. The van der Waals surface area contributed by atoms with Crippen LogP contribution in [0.4, 0.5) is 26.3 Å². The molecule has 3 aliphatic carbocycles. The zero-order valence-corrected chi connectivity index (χ0v) is 47.3. The van der Waals surface area contributed by atoms with Gasteiger partial charge in [0.2, 0.25) is 0 Å². The van der Waals surface area contributed by atoms with Crippen LogP contribution in [-0.2, 0) is 0 Å². The van der Waals surface area contributed by atoms with Crippen LogP contribution in [-0.4, -0.2) is 15.2 Å². The van der Waals surface area contributed by atoms with E-state index >= 15 is 0 Å². The van der Waals surface area contributed by atoms with Crippen LogP contribution < -0.4 is 14.2 Å². The largest absolute Gasteiger partial charge is 0.445 e. The van der Waals surface area contributed by atoms with Gasteiger partial charge in [0, 0.05) is 33.4 Å². The SMILES string of the molecule is CC1CCC(c2ccc(OC(=S)c3ccc(C(F)F)cc3)cc2)CC1.CCC1CCC(c2ccc(OC(=S)c3ccc(C(F)F)cc3)cc2)CC1.CCCC1CCC(c2ccc(OC(=S)c3ccc(C(F)F)cc3)cc2)CC1. The van der Waals surface area contributed by atoms with Crippen LogP contribution in [0.2, 0.25) is 0 Å². The standard InChI is InChI=1S/C23H26F2OS.C22H24F2OS.C21H22F2OS/c1-2-3-16-4-6-17(7-5-16)18-12-14-21(15-13-18)26-23(27)20-10-8-19(9-11-20)22(24)25;1-2-15-3-5-16(6-4-15)17-11-13-20(14-12-17)25-22(26)19-9-7-18(8-10-19)21(23)24;1-14-2-4-15(5-3-14)16-10-12-19(13-11-16)24-21(25)18-8-6-17(7-9-18)20(22)23/h8-17,22H,2-7H2,1H3;7-16,21H,2-6H2,1H3;6-15,20H,2-5H2,1H3. The Morgan fingerprint density at radius 1 is 0.385 bits per heavy atom. The van der Waals surface area contributed by atoms with Crippen molar-refractivity contribution in [3.05, 3.63) is 196 Å². The molecule has 12 heteroatoms. The van der Waals surface area contributed by atoms with Gasteiger partial charge in [0.15, 0.2) is 15.2 Å². The molecule has 0 amide bonds. The maximum absolute atomic E-state index is 12.6. The van der Waals surface area contributed by atoms with Crippen molar-refractivity contribution in [3.63, 3.8) is 0 Å². The number of benzene rings is 6. The highest BCUT2D eigenvalue weighted by Gasteiger charge is 2.24. The molecule has 0 spiro atoms. The molecule has 0 atom stereocenters. The number of ether oxygens (including phenoxy) is 3. The lowest BCUT2D eigenvalue weighted by atomic mass is 9.77. The van der Waals surface area contributed by atoms with Crippen molar-refractivity contribution in [1.82, 2.24) is 0 Å². The second-order valence-corrected chi connectivity index (χ2v) is 22.3. The normalized spacial score (nSPS) is 20.2. The first-order chi connectivity index (χ1) is 37.7. The first-order valence-corrected chi connectivity index (χ1v) is 29.0. The monoisotopic (exact) mass is 1120 g/mol. The first-order valence-electron chi connectivity index (χ1n) is 27.8. The van der Waals surface area contributed by atoms with Crippen LogP contribution in [0.1, 0.15) is 204 Å². The molecule has 78 heavy (non-hydrogen) atoms. The summed E-state index contributed by atoms with van der Waals surface area (Å²) in [4.78, 5) is 0. The van der Waals surface area contributed by atoms with E-state index in [1.165, 1.54) is 149 Å². The van der Waals surface area contributed by atoms with Crippen molar-refractivity contribution < 1.29 is 40.6 Å². The molecule has 3 nitrogen and oxygen atoms in total. The Hall–Kier alpha value is -5.43. The van der Waals surface area contributed by atoms with Crippen molar-refractivity contribution in [2.45, 2.75) is 154 Å². The van der Waals surface area contributed by atoms with Gasteiger partial charge in [-0.1, -0.05) is 126 Å². The number of hydrogen-bond donors (Lipinski definition) is 0. The Balaban J connectivity index is 0.000000170. The molecule has 3 aliphatic rings. The highest BCUT2D eigenvalue weighted by atomic mass is 32.1. The zero-order chi connectivity index (χ0) is 55.6. The molecule has 0 radical (unpaired) electrons. The van der Waals surface area contributed by atoms with Crippen LogP contribution in [0.15, 0.2) is 146 Å². The van der Waals surface area contributed by atoms with Gasteiger partial charge in [0.05, 0.1) is 0 Å². The van der Waals surface area contributed by atoms with Gasteiger partial charge in [-0.3, -0.25) is 0 Å². The predicted molar refractivity (Wildman–Crippen MR) is 315 cm³/mol. The third-order valence-corrected chi connectivity index (χ3v) is 16.8. The molecule has 0 aromatic heterocycles. The van der Waals surface area contributed by atoms with Gasteiger partial charge < -0.3 is 14.2 Å². The fraction of sp³-hybridized carbons (Fsp3) is 0.409. The van der Waals surface area contributed by atoms with Crippen molar-refractivity contribution in [2.75, 3.05) is 0 Å². The molecule has 0 saturated heterocycles. The highest BCUT2D eigenvalue weighted by Crippen LogP contribution is 2.40. The molecule has 9 rings (SSSR count). The summed E-state index contributed by atoms with van der Waals surface area (Å²) >= 11 is 15.9. The summed E-state index contributed by atoms with van der Waals surface area (Å²) in [5, 5.41) is 0.880. The number of thiocarbonyl (C=S) groups is 3. The molecule has 0 unspecified atom stereocenters. The maximum atomic E-state index is 12.6. The van der Waals surface area contributed by atoms with E-state index in [2.05, 4.69) is 57.2 Å². The van der Waals surface area contributed by atoms with Crippen LogP contribution in [0.3, 0.4) is 0 Å². The number of halogens is 6. The van der Waals surface area contributed by atoms with Gasteiger partial charge >= 0.3 is 0 Å². The lowest BCUT2D eigenvalue weighted by molar-refractivity contribution is 0.151. The van der Waals surface area contributed by atoms with E-state index in [1.54, 1.807) is 36.4 Å². The van der Waals surface area contributed by atoms with Crippen LogP contribution in [0.5, 0.6) is 17.2 Å². The van der Waals surface area contributed by atoms with Crippen molar-refractivity contribution in [3.8, 4) is 17.2 Å². The van der Waals surface area contributed by atoms with Crippen molar-refractivity contribution in [2.24, 2.45) is 17.8 Å². The average Bonchev–Trinajstić information content (AvgIpc) is 3.47. The van der Waals surface area contributed by atoms with Crippen LogP contribution in [0, 0.1) is 17.8 Å². The van der Waals surface area contributed by atoms with Crippen molar-refractivity contribution >= 4 is 51.8 Å². The lowest BCUT2D eigenvalue weighted by Gasteiger charge is -2.28. The fourth-order valence-corrected chi connectivity index (χ4v) is 11.6. The minimum absolute atomic E-state index is 0.0143. The Kier molecular flexibility index (Phi) is 23.3. The molecule has 0 heterocycles. The number of hydrogen-bond acceptors (Lipinski definition) is 6. The third kappa shape index (κ3) is 18.0. The van der Waals surface area contributed by atoms with Crippen molar-refractivity contribution in [1.29, 1.82) is 0 Å². The quantitative estimate of drug-likeness (QED) is 0.0752. The Bertz CT molecular complexity index is 2760. The van der Waals surface area contributed by atoms with Gasteiger partial charge in [-0.05, 0) is 226 Å². The summed E-state index contributed by atoms with van der Waals surface area (Å²) in [6.45, 7) is 6.87.